The van der Waals surface area contributed by atoms with E-state index in [-0.39, 0.29) is 0 Å². The molecule has 94 valence electrons. The van der Waals surface area contributed by atoms with Gasteiger partial charge in [-0.2, -0.15) is 0 Å². The molecule has 0 amide bonds. The second kappa shape index (κ2) is 12.4. The van der Waals surface area contributed by atoms with Gasteiger partial charge in [0.2, 0.25) is 0 Å². The van der Waals surface area contributed by atoms with Crippen LogP contribution in [0.4, 0.5) is 0 Å². The minimum Gasteiger partial charge on any atom is -0.355 e. The molecule has 1 nitrogen and oxygen atoms in total. The largest absolute Gasteiger partial charge is 0.355 e. The van der Waals surface area contributed by atoms with E-state index in [1.807, 2.05) is 13.1 Å². The molecule has 0 unspecified atom stereocenters. The highest BCUT2D eigenvalue weighted by Crippen LogP contribution is 2.08. The van der Waals surface area contributed by atoms with Gasteiger partial charge in [-0.25, -0.2) is 0 Å². The van der Waals surface area contributed by atoms with Crippen molar-refractivity contribution >= 4 is 0 Å². The van der Waals surface area contributed by atoms with Crippen molar-refractivity contribution in [2.24, 2.45) is 0 Å². The van der Waals surface area contributed by atoms with Crippen LogP contribution < -0.4 is 0 Å². The van der Waals surface area contributed by atoms with Gasteiger partial charge in [0, 0.05) is 6.54 Å². The monoisotopic (exact) mass is 223 g/mol. The summed E-state index contributed by atoms with van der Waals surface area (Å²) >= 11 is 0. The molecule has 1 heteroatoms. The van der Waals surface area contributed by atoms with E-state index in [9.17, 15) is 0 Å². The molecule has 0 aromatic heterocycles. The zero-order valence-corrected chi connectivity index (χ0v) is 11.3. The summed E-state index contributed by atoms with van der Waals surface area (Å²) in [5, 5.41) is 0. The number of rotatable bonds is 11. The van der Waals surface area contributed by atoms with Gasteiger partial charge in [0.15, 0.2) is 0 Å². The Hall–Kier alpha value is -0.720. The highest BCUT2D eigenvalue weighted by Gasteiger charge is 1.94. The predicted molar refractivity (Wildman–Crippen MR) is 74.3 cm³/mol. The molecule has 0 aliphatic heterocycles. The fourth-order valence-corrected chi connectivity index (χ4v) is 1.85. The van der Waals surface area contributed by atoms with E-state index in [0.717, 1.165) is 6.54 Å². The van der Waals surface area contributed by atoms with Crippen molar-refractivity contribution in [3.63, 3.8) is 0 Å². The minimum absolute atomic E-state index is 1.11. The van der Waals surface area contributed by atoms with Crippen LogP contribution in [0, 0.1) is 0 Å². The molecule has 0 aromatic carbocycles. The Kier molecular flexibility index (Phi) is 11.8. The van der Waals surface area contributed by atoms with Gasteiger partial charge in [-0.05, 0) is 25.7 Å². The third-order valence-corrected chi connectivity index (χ3v) is 2.84. The first kappa shape index (κ1) is 15.3. The first-order chi connectivity index (χ1) is 7.85. The van der Waals surface area contributed by atoms with Gasteiger partial charge in [0.1, 0.15) is 0 Å². The molecule has 0 rings (SSSR count). The average molecular weight is 223 g/mol. The Morgan fingerprint density at radius 1 is 0.938 bits per heavy atom. The molecule has 0 aromatic rings. The highest BCUT2D eigenvalue weighted by atomic mass is 15.1. The average Bonchev–Trinajstić information content (AvgIpc) is 2.31. The minimum atomic E-state index is 1.11. The maximum Gasteiger partial charge on any atom is 0.0219 e. The van der Waals surface area contributed by atoms with Gasteiger partial charge < -0.3 is 4.90 Å². The van der Waals surface area contributed by atoms with Crippen LogP contribution in [0.5, 0.6) is 0 Å². The van der Waals surface area contributed by atoms with Crippen molar-refractivity contribution < 1.29 is 0 Å². The van der Waals surface area contributed by atoms with Gasteiger partial charge in [0.05, 0.1) is 0 Å². The molecule has 0 atom stereocenters. The van der Waals surface area contributed by atoms with Gasteiger partial charge in [-0.15, -0.1) is 0 Å². The third kappa shape index (κ3) is 9.82. The lowest BCUT2D eigenvalue weighted by Gasteiger charge is -2.14. The summed E-state index contributed by atoms with van der Waals surface area (Å²) in [4.78, 5) is 2.16. The Morgan fingerprint density at radius 2 is 1.50 bits per heavy atom. The molecule has 0 fully saturated rings. The van der Waals surface area contributed by atoms with Gasteiger partial charge in [-0.1, -0.05) is 64.5 Å². The van der Waals surface area contributed by atoms with E-state index in [4.69, 9.17) is 0 Å². The summed E-state index contributed by atoms with van der Waals surface area (Å²) in [5.74, 6) is 0. The number of allylic oxidation sites excluding steroid dienone is 1. The molecule has 0 aliphatic rings. The quantitative estimate of drug-likeness (QED) is 0.440. The van der Waals surface area contributed by atoms with Gasteiger partial charge in [0.25, 0.3) is 0 Å². The molecule has 0 heterocycles. The number of nitrogens with zero attached hydrogens (tertiary/aromatic N) is 1. The van der Waals surface area contributed by atoms with E-state index in [2.05, 4.69) is 30.7 Å². The zero-order chi connectivity index (χ0) is 12.1. The second-order valence-corrected chi connectivity index (χ2v) is 4.38. The van der Waals surface area contributed by atoms with Crippen LogP contribution in [0.1, 0.15) is 65.2 Å². The van der Waals surface area contributed by atoms with Crippen LogP contribution >= 0.6 is 0 Å². The molecular formula is C15H29N. The Morgan fingerprint density at radius 3 is 2.00 bits per heavy atom. The highest BCUT2D eigenvalue weighted by molar-refractivity contribution is 4.85. The van der Waals surface area contributed by atoms with Crippen molar-refractivity contribution in [1.82, 2.24) is 4.90 Å². The lowest BCUT2D eigenvalue weighted by atomic mass is 10.1. The van der Waals surface area contributed by atoms with E-state index in [0.29, 0.717) is 0 Å². The van der Waals surface area contributed by atoms with Crippen LogP contribution in [-0.2, 0) is 0 Å². The molecular weight excluding hydrogens is 194 g/mol. The fourth-order valence-electron chi connectivity index (χ4n) is 1.85. The topological polar surface area (TPSA) is 3.24 Å². The van der Waals surface area contributed by atoms with Crippen molar-refractivity contribution in [1.29, 1.82) is 0 Å². The Bertz CT molecular complexity index is 172. The third-order valence-electron chi connectivity index (χ3n) is 2.84. The van der Waals surface area contributed by atoms with Crippen LogP contribution in [0.15, 0.2) is 25.1 Å². The van der Waals surface area contributed by atoms with Gasteiger partial charge >= 0.3 is 0 Å². The molecule has 0 radical (unpaired) electrons. The van der Waals surface area contributed by atoms with Crippen molar-refractivity contribution in [2.45, 2.75) is 65.2 Å². The molecule has 0 bridgehead atoms. The number of hydrogen-bond donors (Lipinski definition) is 0. The predicted octanol–water partition coefficient (Wildman–Crippen LogP) is 5.11. The van der Waals surface area contributed by atoms with Crippen LogP contribution in [-0.4, -0.2) is 11.4 Å². The summed E-state index contributed by atoms with van der Waals surface area (Å²) in [6.45, 7) is 9.23. The van der Waals surface area contributed by atoms with Crippen LogP contribution in [0.25, 0.3) is 0 Å². The summed E-state index contributed by atoms with van der Waals surface area (Å²) in [6, 6.07) is 0. The molecule has 0 aliphatic carbocycles. The van der Waals surface area contributed by atoms with Gasteiger partial charge in [-0.3, -0.25) is 0 Å². The van der Waals surface area contributed by atoms with E-state index >= 15 is 0 Å². The standard InChI is InChI=1S/C15H29N/c1-4-7-8-9-10-11-12-13-15-16(6-3)14-5-2/h5-6,14H,3-4,7-13,15H2,1-2H3/b14-5-. The normalized spacial score (nSPS) is 10.9. The molecule has 0 N–H and O–H groups in total. The summed E-state index contributed by atoms with van der Waals surface area (Å²) < 4.78 is 0. The van der Waals surface area contributed by atoms with Crippen molar-refractivity contribution in [2.75, 3.05) is 6.54 Å². The Balaban J connectivity index is 3.22. The van der Waals surface area contributed by atoms with E-state index in [1.165, 1.54) is 51.4 Å². The SMILES string of the molecule is C=CN(/C=C\C)CCCCCCCCCC. The first-order valence-electron chi connectivity index (χ1n) is 6.86. The molecule has 16 heavy (non-hydrogen) atoms. The van der Waals surface area contributed by atoms with E-state index < -0.39 is 0 Å². The zero-order valence-electron chi connectivity index (χ0n) is 11.3. The van der Waals surface area contributed by atoms with Crippen LogP contribution in [0.3, 0.4) is 0 Å². The molecule has 0 spiro atoms. The summed E-state index contributed by atoms with van der Waals surface area (Å²) in [5.41, 5.74) is 0. The van der Waals surface area contributed by atoms with Crippen molar-refractivity contribution in [3.8, 4) is 0 Å². The maximum atomic E-state index is 3.80. The first-order valence-corrected chi connectivity index (χ1v) is 6.86. The maximum absolute atomic E-state index is 3.80. The lowest BCUT2D eigenvalue weighted by Crippen LogP contribution is -2.10. The van der Waals surface area contributed by atoms with E-state index in [1.54, 1.807) is 0 Å². The Labute approximate surface area is 102 Å². The number of unbranched alkanes of at least 4 members (excludes halogenated alkanes) is 7. The number of hydrogen-bond acceptors (Lipinski definition) is 1. The lowest BCUT2D eigenvalue weighted by molar-refractivity contribution is 0.465. The molecule has 0 saturated carbocycles. The summed E-state index contributed by atoms with van der Waals surface area (Å²) in [6.07, 6.45) is 17.1. The van der Waals surface area contributed by atoms with Crippen molar-refractivity contribution in [3.05, 3.63) is 25.1 Å². The molecule has 0 saturated heterocycles. The van der Waals surface area contributed by atoms with Crippen LogP contribution in [0.2, 0.25) is 0 Å². The fraction of sp³-hybridized carbons (Fsp3) is 0.733. The summed E-state index contributed by atoms with van der Waals surface area (Å²) in [7, 11) is 0. The smallest absolute Gasteiger partial charge is 0.0219 e. The second-order valence-electron chi connectivity index (χ2n) is 4.38.